The van der Waals surface area contributed by atoms with E-state index in [4.69, 9.17) is 20.5 Å². The minimum Gasteiger partial charge on any atom is -0.417 e. The number of benzene rings is 2. The van der Waals surface area contributed by atoms with Crippen LogP contribution in [0.15, 0.2) is 39.3 Å². The second kappa shape index (κ2) is 9.02. The lowest BCUT2D eigenvalue weighted by Crippen LogP contribution is -2.49. The lowest BCUT2D eigenvalue weighted by atomic mass is 9.95. The summed E-state index contributed by atoms with van der Waals surface area (Å²) in [7, 11) is 0. The number of carbonyl (C=O) groups is 2. The summed E-state index contributed by atoms with van der Waals surface area (Å²) < 4.78 is 25.2. The predicted octanol–water partition coefficient (Wildman–Crippen LogP) is 4.26. The Morgan fingerprint density at radius 2 is 1.95 bits per heavy atom. The van der Waals surface area contributed by atoms with Crippen molar-refractivity contribution < 1.29 is 22.9 Å². The minimum atomic E-state index is -0.988. The van der Waals surface area contributed by atoms with Crippen LogP contribution in [0.4, 0.5) is 4.39 Å². The van der Waals surface area contributed by atoms with Gasteiger partial charge in [-0.3, -0.25) is 9.59 Å². The molecule has 2 amide bonds. The Morgan fingerprint density at radius 1 is 1.13 bits per heavy atom. The second-order valence-electron chi connectivity index (χ2n) is 9.59. The molecule has 2 aliphatic carbocycles. The Hall–Kier alpha value is -4.12. The molecule has 2 aliphatic rings. The fraction of sp³-hybridized carbons (Fsp3) is 0.308. The number of nitrogens with one attached hydrogen (secondary N) is 2. The summed E-state index contributed by atoms with van der Waals surface area (Å²) in [6.45, 7) is 3.22. The standard InChI is InChI=1S/C26H22ClFN6O4/c1-12-29-22(34-38-12)21-18(10-16(27)11-19(21)28)15-3-5-17-14(9-15)4-6-20(17)30-25(36)26(7-8-26)31-23(35)24-33-32-13(2)37-24/h3,5,9-11,20H,4,6-8H2,1-2H3,(H,30,36)(H,31,35)/t20-/m0/s1. The quantitative estimate of drug-likeness (QED) is 0.373. The van der Waals surface area contributed by atoms with Gasteiger partial charge in [-0.1, -0.05) is 35.0 Å². The van der Waals surface area contributed by atoms with Gasteiger partial charge in [0, 0.05) is 18.9 Å². The van der Waals surface area contributed by atoms with Gasteiger partial charge in [0.05, 0.1) is 11.6 Å². The van der Waals surface area contributed by atoms with E-state index in [1.54, 1.807) is 19.9 Å². The van der Waals surface area contributed by atoms with Gasteiger partial charge >= 0.3 is 11.8 Å². The molecule has 2 heterocycles. The van der Waals surface area contributed by atoms with Crippen LogP contribution in [0.3, 0.4) is 0 Å². The molecule has 6 rings (SSSR count). The van der Waals surface area contributed by atoms with E-state index in [-0.39, 0.29) is 40.1 Å². The van der Waals surface area contributed by atoms with Crippen molar-refractivity contribution in [2.45, 2.75) is 51.1 Å². The fourth-order valence-electron chi connectivity index (χ4n) is 4.85. The molecule has 1 atom stereocenters. The normalized spacial score (nSPS) is 17.2. The van der Waals surface area contributed by atoms with Crippen LogP contribution in [0, 0.1) is 19.7 Å². The molecule has 12 heteroatoms. The Kier molecular flexibility index (Phi) is 5.75. The number of halogens is 2. The lowest BCUT2D eigenvalue weighted by Gasteiger charge is -2.20. The van der Waals surface area contributed by atoms with Gasteiger partial charge in [0.15, 0.2) is 0 Å². The maximum Gasteiger partial charge on any atom is 0.309 e. The van der Waals surface area contributed by atoms with Crippen LogP contribution in [0.2, 0.25) is 5.02 Å². The first-order valence-corrected chi connectivity index (χ1v) is 12.5. The number of carbonyl (C=O) groups excluding carboxylic acids is 2. The lowest BCUT2D eigenvalue weighted by molar-refractivity contribution is -0.124. The van der Waals surface area contributed by atoms with E-state index < -0.39 is 17.3 Å². The summed E-state index contributed by atoms with van der Waals surface area (Å²) in [6, 6.07) is 8.42. The zero-order valence-corrected chi connectivity index (χ0v) is 21.2. The Labute approximate surface area is 221 Å². The molecule has 0 bridgehead atoms. The minimum absolute atomic E-state index is 0.143. The molecule has 0 saturated heterocycles. The van der Waals surface area contributed by atoms with Crippen LogP contribution in [0.25, 0.3) is 22.5 Å². The van der Waals surface area contributed by atoms with Crippen LogP contribution in [-0.2, 0) is 11.2 Å². The SMILES string of the molecule is Cc1nc(-c2c(F)cc(Cl)cc2-c2ccc3c(c2)CC[C@@H]3NC(=O)C2(NC(=O)c3nnc(C)o3)CC2)no1. The average Bonchev–Trinajstić information content (AvgIpc) is 3.17. The fourth-order valence-corrected chi connectivity index (χ4v) is 5.06. The van der Waals surface area contributed by atoms with Crippen LogP contribution in [-0.4, -0.2) is 37.7 Å². The van der Waals surface area contributed by atoms with Crippen LogP contribution >= 0.6 is 11.6 Å². The van der Waals surface area contributed by atoms with E-state index in [1.807, 2.05) is 18.2 Å². The Bertz CT molecular complexity index is 1590. The first-order chi connectivity index (χ1) is 18.2. The molecular weight excluding hydrogens is 515 g/mol. The topological polar surface area (TPSA) is 136 Å². The van der Waals surface area contributed by atoms with Gasteiger partial charge in [-0.15, -0.1) is 10.2 Å². The highest BCUT2D eigenvalue weighted by Gasteiger charge is 2.52. The van der Waals surface area contributed by atoms with Crippen molar-refractivity contribution in [3.05, 3.63) is 70.0 Å². The largest absolute Gasteiger partial charge is 0.417 e. The van der Waals surface area contributed by atoms with Crippen molar-refractivity contribution in [1.29, 1.82) is 0 Å². The summed E-state index contributed by atoms with van der Waals surface area (Å²) in [4.78, 5) is 29.8. The molecule has 194 valence electrons. The molecule has 0 spiro atoms. The van der Waals surface area contributed by atoms with Crippen LogP contribution < -0.4 is 10.6 Å². The summed E-state index contributed by atoms with van der Waals surface area (Å²) >= 11 is 6.19. The highest BCUT2D eigenvalue weighted by atomic mass is 35.5. The van der Waals surface area contributed by atoms with E-state index in [0.717, 1.165) is 16.7 Å². The smallest absolute Gasteiger partial charge is 0.309 e. The third-order valence-corrected chi connectivity index (χ3v) is 7.12. The number of fused-ring (bicyclic) bond motifs is 1. The number of aryl methyl sites for hydroxylation is 3. The van der Waals surface area contributed by atoms with Gasteiger partial charge in [0.2, 0.25) is 23.5 Å². The first kappa shape index (κ1) is 24.2. The molecule has 0 radical (unpaired) electrons. The molecule has 1 fully saturated rings. The number of hydrogen-bond donors (Lipinski definition) is 2. The maximum atomic E-state index is 15.0. The Balaban J connectivity index is 1.23. The van der Waals surface area contributed by atoms with Crippen molar-refractivity contribution in [3.8, 4) is 22.5 Å². The zero-order chi connectivity index (χ0) is 26.6. The molecule has 1 saturated carbocycles. The van der Waals surface area contributed by atoms with E-state index >= 15 is 0 Å². The highest BCUT2D eigenvalue weighted by Crippen LogP contribution is 2.41. The van der Waals surface area contributed by atoms with Crippen molar-refractivity contribution in [3.63, 3.8) is 0 Å². The molecular formula is C26H22ClFN6O4. The zero-order valence-electron chi connectivity index (χ0n) is 20.5. The van der Waals surface area contributed by atoms with E-state index in [9.17, 15) is 14.0 Å². The van der Waals surface area contributed by atoms with Gasteiger partial charge in [-0.25, -0.2) is 4.39 Å². The summed E-state index contributed by atoms with van der Waals surface area (Å²) in [5, 5.41) is 17.3. The number of hydrogen-bond acceptors (Lipinski definition) is 8. The molecule has 0 unspecified atom stereocenters. The summed E-state index contributed by atoms with van der Waals surface area (Å²) in [5.41, 5.74) is 2.50. The van der Waals surface area contributed by atoms with E-state index in [1.165, 1.54) is 6.07 Å². The number of rotatable bonds is 6. The van der Waals surface area contributed by atoms with Crippen LogP contribution in [0.1, 0.15) is 58.9 Å². The second-order valence-corrected chi connectivity index (χ2v) is 10.0. The maximum absolute atomic E-state index is 15.0. The van der Waals surface area contributed by atoms with Gasteiger partial charge in [-0.2, -0.15) is 4.98 Å². The van der Waals surface area contributed by atoms with E-state index in [2.05, 4.69) is 31.0 Å². The molecule has 2 aromatic carbocycles. The molecule has 2 N–H and O–H groups in total. The third kappa shape index (κ3) is 4.32. The van der Waals surface area contributed by atoms with Crippen molar-refractivity contribution in [2.24, 2.45) is 0 Å². The number of aromatic nitrogens is 4. The molecule has 2 aromatic heterocycles. The predicted molar refractivity (Wildman–Crippen MR) is 133 cm³/mol. The molecule has 10 nitrogen and oxygen atoms in total. The van der Waals surface area contributed by atoms with Gasteiger partial charge in [-0.05, 0) is 60.1 Å². The van der Waals surface area contributed by atoms with E-state index in [0.29, 0.717) is 37.1 Å². The van der Waals surface area contributed by atoms with Gasteiger partial charge in [0.25, 0.3) is 0 Å². The van der Waals surface area contributed by atoms with Crippen molar-refractivity contribution in [2.75, 3.05) is 0 Å². The molecule has 4 aromatic rings. The first-order valence-electron chi connectivity index (χ1n) is 12.1. The summed E-state index contributed by atoms with van der Waals surface area (Å²) in [5.74, 6) is -0.813. The van der Waals surface area contributed by atoms with Crippen molar-refractivity contribution >= 4 is 23.4 Å². The number of amides is 2. The monoisotopic (exact) mass is 536 g/mol. The van der Waals surface area contributed by atoms with Gasteiger partial charge in [0.1, 0.15) is 11.4 Å². The molecule has 0 aliphatic heterocycles. The third-order valence-electron chi connectivity index (χ3n) is 6.90. The van der Waals surface area contributed by atoms with Crippen LogP contribution in [0.5, 0.6) is 0 Å². The summed E-state index contributed by atoms with van der Waals surface area (Å²) in [6.07, 6.45) is 2.45. The highest BCUT2D eigenvalue weighted by molar-refractivity contribution is 6.31. The number of nitrogens with zero attached hydrogens (tertiary/aromatic N) is 4. The Morgan fingerprint density at radius 3 is 2.63 bits per heavy atom. The molecule has 38 heavy (non-hydrogen) atoms. The average molecular weight is 537 g/mol. The van der Waals surface area contributed by atoms with Crippen molar-refractivity contribution in [1.82, 2.24) is 31.0 Å². The van der Waals surface area contributed by atoms with Gasteiger partial charge < -0.3 is 19.6 Å².